The Kier molecular flexibility index (Phi) is 7.21. The van der Waals surface area contributed by atoms with Crippen molar-refractivity contribution in [1.29, 1.82) is 0 Å². The van der Waals surface area contributed by atoms with Crippen LogP contribution >= 0.6 is 0 Å². The number of carbonyl (C=O) groups excluding carboxylic acids is 1. The van der Waals surface area contributed by atoms with Gasteiger partial charge >= 0.3 is 0 Å². The number of aryl methyl sites for hydroxylation is 2. The van der Waals surface area contributed by atoms with E-state index in [1.807, 2.05) is 45.9 Å². The van der Waals surface area contributed by atoms with E-state index in [9.17, 15) is 4.79 Å². The van der Waals surface area contributed by atoms with E-state index < -0.39 is 5.41 Å². The summed E-state index contributed by atoms with van der Waals surface area (Å²) in [5, 5.41) is 9.28. The maximum atomic E-state index is 11.9. The zero-order valence-corrected chi connectivity index (χ0v) is 17.1. The molecule has 7 nitrogen and oxygen atoms in total. The standard InChI is InChI=1S/C20H32N6O/c1-6-22-19(24-14-20(3,4)18(27)21-5)23-12-9-13-26-15(2)25-16-10-7-8-11-17(16)26/h7-8,10-11H,6,9,12-14H2,1-5H3,(H,21,27)(H2,22,23,24). The summed E-state index contributed by atoms with van der Waals surface area (Å²) in [6.45, 7) is 10.7. The van der Waals surface area contributed by atoms with Gasteiger partial charge in [-0.05, 0) is 46.2 Å². The fraction of sp³-hybridized carbons (Fsp3) is 0.550. The number of guanidine groups is 1. The van der Waals surface area contributed by atoms with E-state index in [1.54, 1.807) is 7.05 Å². The summed E-state index contributed by atoms with van der Waals surface area (Å²) < 4.78 is 2.25. The fourth-order valence-corrected chi connectivity index (χ4v) is 2.95. The molecule has 0 aliphatic rings. The molecule has 0 aliphatic carbocycles. The van der Waals surface area contributed by atoms with E-state index in [1.165, 1.54) is 5.52 Å². The number of hydrogen-bond donors (Lipinski definition) is 3. The summed E-state index contributed by atoms with van der Waals surface area (Å²) in [6, 6.07) is 8.21. The van der Waals surface area contributed by atoms with Crippen LogP contribution in [0.25, 0.3) is 11.0 Å². The number of aliphatic imine (C=N–C) groups is 1. The van der Waals surface area contributed by atoms with E-state index in [0.29, 0.717) is 6.54 Å². The second-order valence-corrected chi connectivity index (χ2v) is 7.24. The van der Waals surface area contributed by atoms with Crippen LogP contribution in [0.15, 0.2) is 29.3 Å². The first-order chi connectivity index (χ1) is 12.9. The summed E-state index contributed by atoms with van der Waals surface area (Å²) in [5.74, 6) is 1.76. The fourth-order valence-electron chi connectivity index (χ4n) is 2.95. The maximum Gasteiger partial charge on any atom is 0.227 e. The summed E-state index contributed by atoms with van der Waals surface area (Å²) in [7, 11) is 1.65. The van der Waals surface area contributed by atoms with Crippen LogP contribution in [0.1, 0.15) is 33.0 Å². The topological polar surface area (TPSA) is 83.3 Å². The van der Waals surface area contributed by atoms with Crippen molar-refractivity contribution in [2.45, 2.75) is 40.7 Å². The summed E-state index contributed by atoms with van der Waals surface area (Å²) in [6.07, 6.45) is 0.949. The number of nitrogens with one attached hydrogen (secondary N) is 3. The minimum Gasteiger partial charge on any atom is -0.359 e. The molecule has 1 aromatic carbocycles. The zero-order chi connectivity index (χ0) is 19.9. The van der Waals surface area contributed by atoms with Crippen molar-refractivity contribution >= 4 is 22.9 Å². The molecule has 0 bridgehead atoms. The molecule has 0 atom stereocenters. The molecule has 0 unspecified atom stereocenters. The van der Waals surface area contributed by atoms with Crippen LogP contribution in [0.5, 0.6) is 0 Å². The number of carbonyl (C=O) groups is 1. The van der Waals surface area contributed by atoms with E-state index in [2.05, 4.69) is 36.6 Å². The van der Waals surface area contributed by atoms with Gasteiger partial charge in [0.05, 0.1) is 23.0 Å². The van der Waals surface area contributed by atoms with Crippen LogP contribution in [-0.2, 0) is 11.3 Å². The van der Waals surface area contributed by atoms with Crippen molar-refractivity contribution < 1.29 is 4.79 Å². The number of nitrogens with zero attached hydrogens (tertiary/aromatic N) is 3. The maximum absolute atomic E-state index is 11.9. The van der Waals surface area contributed by atoms with E-state index in [0.717, 1.165) is 43.4 Å². The first-order valence-electron chi connectivity index (χ1n) is 9.55. The lowest BCUT2D eigenvalue weighted by Crippen LogP contribution is -2.41. The number of hydrogen-bond acceptors (Lipinski definition) is 3. The van der Waals surface area contributed by atoms with Crippen molar-refractivity contribution in [1.82, 2.24) is 25.5 Å². The molecule has 1 heterocycles. The minimum absolute atomic E-state index is 0.00967. The zero-order valence-electron chi connectivity index (χ0n) is 17.1. The lowest BCUT2D eigenvalue weighted by molar-refractivity contribution is -0.128. The summed E-state index contributed by atoms with van der Waals surface area (Å²) >= 11 is 0. The van der Waals surface area contributed by atoms with Gasteiger partial charge in [0, 0.05) is 26.7 Å². The Balaban J connectivity index is 1.91. The predicted molar refractivity (Wildman–Crippen MR) is 111 cm³/mol. The monoisotopic (exact) mass is 372 g/mol. The average Bonchev–Trinajstić information content (AvgIpc) is 2.97. The third-order valence-corrected chi connectivity index (χ3v) is 4.51. The molecule has 0 saturated carbocycles. The molecular formula is C20H32N6O. The highest BCUT2D eigenvalue weighted by Crippen LogP contribution is 2.16. The highest BCUT2D eigenvalue weighted by Gasteiger charge is 2.26. The molecule has 3 N–H and O–H groups in total. The van der Waals surface area contributed by atoms with Gasteiger partial charge in [-0.2, -0.15) is 0 Å². The van der Waals surface area contributed by atoms with Crippen LogP contribution < -0.4 is 16.0 Å². The summed E-state index contributed by atoms with van der Waals surface area (Å²) in [5.41, 5.74) is 1.67. The Morgan fingerprint density at radius 2 is 2.00 bits per heavy atom. The minimum atomic E-state index is -0.538. The quantitative estimate of drug-likeness (QED) is 0.376. The van der Waals surface area contributed by atoms with Crippen LogP contribution in [0, 0.1) is 12.3 Å². The van der Waals surface area contributed by atoms with Gasteiger partial charge in [-0.1, -0.05) is 12.1 Å². The molecule has 2 rings (SSSR count). The smallest absolute Gasteiger partial charge is 0.227 e. The normalized spacial score (nSPS) is 12.3. The molecule has 1 aromatic heterocycles. The third kappa shape index (κ3) is 5.45. The van der Waals surface area contributed by atoms with E-state index >= 15 is 0 Å². The van der Waals surface area contributed by atoms with Gasteiger partial charge in [0.2, 0.25) is 5.91 Å². The number of aromatic nitrogens is 2. The molecule has 148 valence electrons. The first-order valence-corrected chi connectivity index (χ1v) is 9.55. The van der Waals surface area contributed by atoms with Gasteiger partial charge in [0.25, 0.3) is 0 Å². The molecule has 7 heteroatoms. The second-order valence-electron chi connectivity index (χ2n) is 7.24. The molecule has 0 fully saturated rings. The summed E-state index contributed by atoms with van der Waals surface area (Å²) in [4.78, 5) is 21.1. The van der Waals surface area contributed by atoms with Crippen molar-refractivity contribution in [3.8, 4) is 0 Å². The van der Waals surface area contributed by atoms with Crippen LogP contribution in [0.4, 0.5) is 0 Å². The molecule has 0 saturated heterocycles. The molecule has 0 radical (unpaired) electrons. The Morgan fingerprint density at radius 1 is 1.26 bits per heavy atom. The Labute approximate surface area is 161 Å². The Bertz CT molecular complexity index is 793. The van der Waals surface area contributed by atoms with Gasteiger partial charge in [-0.25, -0.2) is 4.98 Å². The van der Waals surface area contributed by atoms with Gasteiger partial charge in [0.1, 0.15) is 5.82 Å². The molecule has 1 amide bonds. The number of imidazole rings is 1. The van der Waals surface area contributed by atoms with Crippen LogP contribution in [0.3, 0.4) is 0 Å². The lowest BCUT2D eigenvalue weighted by atomic mass is 9.93. The van der Waals surface area contributed by atoms with Crippen molar-refractivity contribution in [2.75, 3.05) is 26.7 Å². The molecule has 27 heavy (non-hydrogen) atoms. The average molecular weight is 373 g/mol. The second kappa shape index (κ2) is 9.39. The predicted octanol–water partition coefficient (Wildman–Crippen LogP) is 2.06. The van der Waals surface area contributed by atoms with E-state index in [-0.39, 0.29) is 5.91 Å². The number of benzene rings is 1. The van der Waals surface area contributed by atoms with Crippen molar-refractivity contribution in [3.63, 3.8) is 0 Å². The van der Waals surface area contributed by atoms with Crippen molar-refractivity contribution in [2.24, 2.45) is 10.4 Å². The SMILES string of the molecule is CCNC(=NCC(C)(C)C(=O)NC)NCCCn1c(C)nc2ccccc21. The van der Waals surface area contributed by atoms with Gasteiger partial charge in [-0.15, -0.1) is 0 Å². The Morgan fingerprint density at radius 3 is 2.70 bits per heavy atom. The highest BCUT2D eigenvalue weighted by molar-refractivity contribution is 5.83. The molecular weight excluding hydrogens is 340 g/mol. The third-order valence-electron chi connectivity index (χ3n) is 4.51. The molecule has 0 spiro atoms. The van der Waals surface area contributed by atoms with Crippen LogP contribution in [0.2, 0.25) is 0 Å². The molecule has 0 aliphatic heterocycles. The number of amides is 1. The number of fused-ring (bicyclic) bond motifs is 1. The lowest BCUT2D eigenvalue weighted by Gasteiger charge is -2.21. The molecule has 2 aromatic rings. The number of rotatable bonds is 8. The van der Waals surface area contributed by atoms with E-state index in [4.69, 9.17) is 0 Å². The highest BCUT2D eigenvalue weighted by atomic mass is 16.2. The Hall–Kier alpha value is -2.57. The van der Waals surface area contributed by atoms with Crippen molar-refractivity contribution in [3.05, 3.63) is 30.1 Å². The number of para-hydroxylation sites is 2. The van der Waals surface area contributed by atoms with Gasteiger partial charge in [0.15, 0.2) is 5.96 Å². The van der Waals surface area contributed by atoms with Gasteiger partial charge in [-0.3, -0.25) is 9.79 Å². The van der Waals surface area contributed by atoms with Gasteiger partial charge < -0.3 is 20.5 Å². The largest absolute Gasteiger partial charge is 0.359 e. The first kappa shape index (κ1) is 20.7. The van der Waals surface area contributed by atoms with Crippen LogP contribution in [-0.4, -0.2) is 48.1 Å².